The molecule has 1 N–H and O–H groups in total. The van der Waals surface area contributed by atoms with E-state index >= 15 is 0 Å². The minimum absolute atomic E-state index is 0.177. The van der Waals surface area contributed by atoms with Crippen molar-refractivity contribution in [3.63, 3.8) is 0 Å². The van der Waals surface area contributed by atoms with E-state index in [-0.39, 0.29) is 5.92 Å². The minimum atomic E-state index is -0.917. The van der Waals surface area contributed by atoms with Crippen molar-refractivity contribution in [2.45, 2.75) is 26.7 Å². The van der Waals surface area contributed by atoms with Crippen LogP contribution in [0.2, 0.25) is 0 Å². The van der Waals surface area contributed by atoms with Crippen LogP contribution in [0.4, 0.5) is 0 Å². The number of hydrogen-bond acceptors (Lipinski definition) is 2. The van der Waals surface area contributed by atoms with Crippen LogP contribution in [0, 0.1) is 6.92 Å². The van der Waals surface area contributed by atoms with Gasteiger partial charge in [0.2, 0.25) is 0 Å². The first-order valence-electron chi connectivity index (χ1n) is 8.27. The Morgan fingerprint density at radius 1 is 1.04 bits per heavy atom. The standard InChI is InChI=1S/C21H21NO3/c1-14(2)19-13-17(21(23)24)15(3)22(19)18-11-7-8-12-20(18)25-16-9-5-4-6-10-16/h4-14H,1-3H3,(H,23,24). The lowest BCUT2D eigenvalue weighted by molar-refractivity contribution is 0.0696. The molecule has 0 unspecified atom stereocenters. The molecule has 0 radical (unpaired) electrons. The Balaban J connectivity index is 2.16. The second kappa shape index (κ2) is 6.85. The second-order valence-corrected chi connectivity index (χ2v) is 6.25. The minimum Gasteiger partial charge on any atom is -0.478 e. The average molecular weight is 335 g/mol. The van der Waals surface area contributed by atoms with E-state index < -0.39 is 5.97 Å². The maximum Gasteiger partial charge on any atom is 0.337 e. The Morgan fingerprint density at radius 3 is 2.32 bits per heavy atom. The van der Waals surface area contributed by atoms with Crippen molar-refractivity contribution in [2.24, 2.45) is 0 Å². The molecule has 0 aliphatic rings. The van der Waals surface area contributed by atoms with Crippen molar-refractivity contribution in [1.29, 1.82) is 0 Å². The van der Waals surface area contributed by atoms with E-state index in [9.17, 15) is 9.90 Å². The van der Waals surface area contributed by atoms with Crippen molar-refractivity contribution in [2.75, 3.05) is 0 Å². The number of carboxylic acids is 1. The van der Waals surface area contributed by atoms with Crippen LogP contribution in [0.25, 0.3) is 5.69 Å². The number of carbonyl (C=O) groups is 1. The second-order valence-electron chi connectivity index (χ2n) is 6.25. The molecule has 0 fully saturated rings. The lowest BCUT2D eigenvalue weighted by atomic mass is 10.1. The third-order valence-electron chi connectivity index (χ3n) is 4.17. The van der Waals surface area contributed by atoms with Gasteiger partial charge in [0, 0.05) is 11.4 Å². The molecule has 0 saturated carbocycles. The highest BCUT2D eigenvalue weighted by molar-refractivity contribution is 5.89. The number of aromatic nitrogens is 1. The maximum atomic E-state index is 11.6. The van der Waals surface area contributed by atoms with Crippen LogP contribution < -0.4 is 4.74 Å². The summed E-state index contributed by atoms with van der Waals surface area (Å²) in [5.74, 6) is 0.687. The highest BCUT2D eigenvalue weighted by atomic mass is 16.5. The summed E-state index contributed by atoms with van der Waals surface area (Å²) >= 11 is 0. The molecule has 3 aromatic rings. The summed E-state index contributed by atoms with van der Waals surface area (Å²) in [5, 5.41) is 9.49. The molecule has 0 spiro atoms. The molecule has 25 heavy (non-hydrogen) atoms. The van der Waals surface area contributed by atoms with Crippen molar-refractivity contribution >= 4 is 5.97 Å². The molecule has 1 heterocycles. The lowest BCUT2D eigenvalue weighted by Crippen LogP contribution is -2.06. The van der Waals surface area contributed by atoms with Gasteiger partial charge in [0.15, 0.2) is 5.75 Å². The van der Waals surface area contributed by atoms with Gasteiger partial charge in [-0.2, -0.15) is 0 Å². The summed E-state index contributed by atoms with van der Waals surface area (Å²) in [7, 11) is 0. The molecule has 2 aromatic carbocycles. The van der Waals surface area contributed by atoms with Crippen LogP contribution in [-0.2, 0) is 0 Å². The molecule has 0 saturated heterocycles. The van der Waals surface area contributed by atoms with Gasteiger partial charge in [-0.3, -0.25) is 0 Å². The molecule has 0 aliphatic carbocycles. The fourth-order valence-corrected chi connectivity index (χ4v) is 2.94. The number of hydrogen-bond donors (Lipinski definition) is 1. The van der Waals surface area contributed by atoms with E-state index in [0.29, 0.717) is 17.0 Å². The van der Waals surface area contributed by atoms with Gasteiger partial charge >= 0.3 is 5.97 Å². The molecule has 128 valence electrons. The van der Waals surface area contributed by atoms with Gasteiger partial charge < -0.3 is 14.4 Å². The fraction of sp³-hybridized carbons (Fsp3) is 0.190. The largest absolute Gasteiger partial charge is 0.478 e. The highest BCUT2D eigenvalue weighted by Gasteiger charge is 2.21. The van der Waals surface area contributed by atoms with Crippen molar-refractivity contribution in [3.05, 3.63) is 77.6 Å². The lowest BCUT2D eigenvalue weighted by Gasteiger charge is -2.18. The van der Waals surface area contributed by atoms with Crippen LogP contribution in [0.15, 0.2) is 60.7 Å². The van der Waals surface area contributed by atoms with E-state index in [1.54, 1.807) is 6.07 Å². The first-order valence-corrected chi connectivity index (χ1v) is 8.27. The van der Waals surface area contributed by atoms with Gasteiger partial charge in [-0.25, -0.2) is 4.79 Å². The molecular weight excluding hydrogens is 314 g/mol. The van der Waals surface area contributed by atoms with Crippen LogP contribution in [0.3, 0.4) is 0 Å². The van der Waals surface area contributed by atoms with Gasteiger partial charge in [-0.05, 0) is 43.2 Å². The number of ether oxygens (including phenoxy) is 1. The molecule has 4 nitrogen and oxygen atoms in total. The normalized spacial score (nSPS) is 10.9. The zero-order chi connectivity index (χ0) is 18.0. The first-order chi connectivity index (χ1) is 12.0. The van der Waals surface area contributed by atoms with Gasteiger partial charge in [0.05, 0.1) is 11.3 Å². The Labute approximate surface area is 147 Å². The molecular formula is C21H21NO3. The summed E-state index contributed by atoms with van der Waals surface area (Å²) < 4.78 is 8.03. The Bertz CT molecular complexity index is 895. The number of benzene rings is 2. The molecule has 0 amide bonds. The third kappa shape index (κ3) is 3.29. The quantitative estimate of drug-likeness (QED) is 0.679. The zero-order valence-electron chi connectivity index (χ0n) is 14.6. The molecule has 0 aliphatic heterocycles. The Morgan fingerprint density at radius 2 is 1.68 bits per heavy atom. The van der Waals surface area contributed by atoms with Crippen LogP contribution in [0.5, 0.6) is 11.5 Å². The van der Waals surface area contributed by atoms with E-state index in [1.807, 2.05) is 66.1 Å². The molecule has 3 rings (SSSR count). The third-order valence-corrected chi connectivity index (χ3v) is 4.17. The number of rotatable bonds is 5. The molecule has 0 atom stereocenters. The summed E-state index contributed by atoms with van der Waals surface area (Å²) in [4.78, 5) is 11.6. The highest BCUT2D eigenvalue weighted by Crippen LogP contribution is 2.33. The summed E-state index contributed by atoms with van der Waals surface area (Å²) in [6.07, 6.45) is 0. The van der Waals surface area contributed by atoms with Crippen LogP contribution in [-0.4, -0.2) is 15.6 Å². The Hall–Kier alpha value is -3.01. The fourth-order valence-electron chi connectivity index (χ4n) is 2.94. The summed E-state index contributed by atoms with van der Waals surface area (Å²) in [5.41, 5.74) is 2.79. The van der Waals surface area contributed by atoms with Crippen molar-refractivity contribution in [3.8, 4) is 17.2 Å². The molecule has 1 aromatic heterocycles. The first kappa shape index (κ1) is 16.8. The van der Waals surface area contributed by atoms with Gasteiger partial charge in [-0.1, -0.05) is 44.2 Å². The van der Waals surface area contributed by atoms with E-state index in [2.05, 4.69) is 13.8 Å². The number of carboxylic acid groups (broad SMARTS) is 1. The predicted octanol–water partition coefficient (Wildman–Crippen LogP) is 5.40. The van der Waals surface area contributed by atoms with Crippen molar-refractivity contribution in [1.82, 2.24) is 4.57 Å². The number of para-hydroxylation sites is 3. The topological polar surface area (TPSA) is 51.5 Å². The maximum absolute atomic E-state index is 11.6. The molecule has 0 bridgehead atoms. The summed E-state index contributed by atoms with van der Waals surface area (Å²) in [6.45, 7) is 5.93. The predicted molar refractivity (Wildman–Crippen MR) is 98.1 cm³/mol. The average Bonchev–Trinajstić information content (AvgIpc) is 2.94. The van der Waals surface area contributed by atoms with E-state index in [4.69, 9.17) is 4.74 Å². The van der Waals surface area contributed by atoms with Crippen LogP contribution >= 0.6 is 0 Å². The zero-order valence-corrected chi connectivity index (χ0v) is 14.6. The number of nitrogens with zero attached hydrogens (tertiary/aromatic N) is 1. The van der Waals surface area contributed by atoms with E-state index in [1.165, 1.54) is 0 Å². The van der Waals surface area contributed by atoms with Gasteiger partial charge in [-0.15, -0.1) is 0 Å². The van der Waals surface area contributed by atoms with Crippen molar-refractivity contribution < 1.29 is 14.6 Å². The van der Waals surface area contributed by atoms with Crippen LogP contribution in [0.1, 0.15) is 41.5 Å². The van der Waals surface area contributed by atoms with Gasteiger partial charge in [0.25, 0.3) is 0 Å². The summed E-state index contributed by atoms with van der Waals surface area (Å²) in [6, 6.07) is 19.0. The number of aromatic carboxylic acids is 1. The molecule has 4 heteroatoms. The monoisotopic (exact) mass is 335 g/mol. The van der Waals surface area contributed by atoms with E-state index in [0.717, 1.165) is 17.1 Å². The van der Waals surface area contributed by atoms with Gasteiger partial charge in [0.1, 0.15) is 5.75 Å². The Kier molecular flexibility index (Phi) is 4.61. The SMILES string of the molecule is Cc1c(C(=O)O)cc(C(C)C)n1-c1ccccc1Oc1ccccc1. The smallest absolute Gasteiger partial charge is 0.337 e.